The molecule has 1 amide bonds. The number of thioether (sulfide) groups is 1. The van der Waals surface area contributed by atoms with Gasteiger partial charge in [0.15, 0.2) is 11.0 Å². The molecule has 0 aliphatic heterocycles. The molecular weight excluding hydrogens is 382 g/mol. The lowest BCUT2D eigenvalue weighted by Crippen LogP contribution is -2.16. The summed E-state index contributed by atoms with van der Waals surface area (Å²) in [5.74, 6) is 1.80. The van der Waals surface area contributed by atoms with Crippen molar-refractivity contribution in [2.45, 2.75) is 45.3 Å². The van der Waals surface area contributed by atoms with Gasteiger partial charge in [0, 0.05) is 30.2 Å². The van der Waals surface area contributed by atoms with Gasteiger partial charge in [-0.05, 0) is 35.6 Å². The third-order valence-corrected chi connectivity index (χ3v) is 5.36. The van der Waals surface area contributed by atoms with E-state index < -0.39 is 0 Å². The predicted octanol–water partition coefficient (Wildman–Crippen LogP) is 4.85. The first-order valence-corrected chi connectivity index (χ1v) is 10.8. The van der Waals surface area contributed by atoms with Gasteiger partial charge in [-0.2, -0.15) is 0 Å². The number of nitrogens with zero attached hydrogens (tertiary/aromatic N) is 4. The second-order valence-corrected chi connectivity index (χ2v) is 8.57. The number of rotatable bonds is 8. The number of hydrogen-bond acceptors (Lipinski definition) is 5. The van der Waals surface area contributed by atoms with E-state index >= 15 is 0 Å². The zero-order valence-electron chi connectivity index (χ0n) is 17.3. The Bertz CT molecular complexity index is 953. The number of hydrogen-bond donors (Lipinski definition) is 1. The molecule has 0 aliphatic rings. The van der Waals surface area contributed by atoms with E-state index in [1.165, 1.54) is 11.8 Å². The third kappa shape index (κ3) is 5.44. The smallest absolute Gasteiger partial charge is 0.234 e. The average molecular weight is 410 g/mol. The Morgan fingerprint density at radius 2 is 1.79 bits per heavy atom. The number of anilines is 1. The van der Waals surface area contributed by atoms with Crippen LogP contribution in [0.4, 0.5) is 5.69 Å². The average Bonchev–Trinajstić information content (AvgIpc) is 3.09. The van der Waals surface area contributed by atoms with Crippen LogP contribution in [0.15, 0.2) is 53.9 Å². The summed E-state index contributed by atoms with van der Waals surface area (Å²) >= 11 is 1.41. The number of benzene rings is 1. The fourth-order valence-electron chi connectivity index (χ4n) is 3.07. The van der Waals surface area contributed by atoms with Gasteiger partial charge in [-0.15, -0.1) is 10.2 Å². The molecule has 29 heavy (non-hydrogen) atoms. The lowest BCUT2D eigenvalue weighted by atomic mass is 10.0. The number of amides is 1. The molecule has 0 unspecified atom stereocenters. The number of carbonyl (C=O) groups is 1. The molecule has 1 N–H and O–H groups in total. The van der Waals surface area contributed by atoms with Crippen LogP contribution in [0.1, 0.15) is 39.2 Å². The molecule has 0 aliphatic carbocycles. The van der Waals surface area contributed by atoms with Crippen LogP contribution in [0.25, 0.3) is 11.4 Å². The lowest BCUT2D eigenvalue weighted by Gasteiger charge is -2.14. The number of nitrogens with one attached hydrogen (secondary N) is 1. The van der Waals surface area contributed by atoms with Crippen molar-refractivity contribution in [3.8, 4) is 11.4 Å². The fraction of sp³-hybridized carbons (Fsp3) is 0.364. The van der Waals surface area contributed by atoms with E-state index in [2.05, 4.69) is 52.8 Å². The van der Waals surface area contributed by atoms with E-state index in [1.54, 1.807) is 12.4 Å². The van der Waals surface area contributed by atoms with Crippen LogP contribution in [-0.4, -0.2) is 31.4 Å². The van der Waals surface area contributed by atoms with Crippen molar-refractivity contribution in [1.29, 1.82) is 0 Å². The minimum absolute atomic E-state index is 0.0485. The van der Waals surface area contributed by atoms with Crippen molar-refractivity contribution in [3.05, 3.63) is 54.4 Å². The van der Waals surface area contributed by atoms with Crippen LogP contribution in [0.3, 0.4) is 0 Å². The van der Waals surface area contributed by atoms with Crippen molar-refractivity contribution in [2.24, 2.45) is 5.92 Å². The summed E-state index contributed by atoms with van der Waals surface area (Å²) in [6, 6.07) is 11.8. The lowest BCUT2D eigenvalue weighted by molar-refractivity contribution is -0.113. The first kappa shape index (κ1) is 21.0. The van der Waals surface area contributed by atoms with Crippen LogP contribution in [0.5, 0.6) is 0 Å². The van der Waals surface area contributed by atoms with Gasteiger partial charge in [-0.3, -0.25) is 9.78 Å². The van der Waals surface area contributed by atoms with E-state index in [4.69, 9.17) is 0 Å². The summed E-state index contributed by atoms with van der Waals surface area (Å²) in [6.45, 7) is 9.33. The quantitative estimate of drug-likeness (QED) is 0.538. The maximum absolute atomic E-state index is 12.6. The van der Waals surface area contributed by atoms with Crippen molar-refractivity contribution >= 4 is 23.4 Å². The van der Waals surface area contributed by atoms with Crippen molar-refractivity contribution in [3.63, 3.8) is 0 Å². The molecule has 7 heteroatoms. The zero-order chi connectivity index (χ0) is 20.8. The highest BCUT2D eigenvalue weighted by atomic mass is 32.2. The first-order valence-electron chi connectivity index (χ1n) is 9.81. The summed E-state index contributed by atoms with van der Waals surface area (Å²) in [6.07, 6.45) is 3.49. The van der Waals surface area contributed by atoms with Gasteiger partial charge in [-0.1, -0.05) is 57.7 Å². The van der Waals surface area contributed by atoms with E-state index in [-0.39, 0.29) is 11.7 Å². The number of carbonyl (C=O) groups excluding carboxylic acids is 1. The molecule has 152 valence electrons. The Kier molecular flexibility index (Phi) is 7.04. The molecule has 0 fully saturated rings. The second kappa shape index (κ2) is 9.69. The summed E-state index contributed by atoms with van der Waals surface area (Å²) in [5.41, 5.74) is 2.97. The van der Waals surface area contributed by atoms with Crippen LogP contribution in [-0.2, 0) is 11.3 Å². The van der Waals surface area contributed by atoms with Gasteiger partial charge in [0.05, 0.1) is 5.75 Å². The molecule has 0 saturated carbocycles. The molecule has 6 nitrogen and oxygen atoms in total. The number of para-hydroxylation sites is 1. The summed E-state index contributed by atoms with van der Waals surface area (Å²) in [4.78, 5) is 16.6. The highest BCUT2D eigenvalue weighted by molar-refractivity contribution is 7.99. The van der Waals surface area contributed by atoms with E-state index in [1.807, 2.05) is 36.4 Å². The van der Waals surface area contributed by atoms with Gasteiger partial charge in [0.2, 0.25) is 5.91 Å². The van der Waals surface area contributed by atoms with Gasteiger partial charge >= 0.3 is 0 Å². The topological polar surface area (TPSA) is 72.7 Å². The predicted molar refractivity (Wildman–Crippen MR) is 118 cm³/mol. The monoisotopic (exact) mass is 409 g/mol. The van der Waals surface area contributed by atoms with E-state index in [0.717, 1.165) is 34.3 Å². The minimum Gasteiger partial charge on any atom is -0.325 e. The minimum atomic E-state index is -0.0485. The first-order chi connectivity index (χ1) is 14.0. The highest BCUT2D eigenvalue weighted by Gasteiger charge is 2.17. The molecule has 3 aromatic rings. The van der Waals surface area contributed by atoms with E-state index in [9.17, 15) is 4.79 Å². The Labute approximate surface area is 176 Å². The molecule has 0 radical (unpaired) electrons. The molecule has 2 aromatic heterocycles. The maximum Gasteiger partial charge on any atom is 0.234 e. The Morgan fingerprint density at radius 3 is 2.48 bits per heavy atom. The van der Waals surface area contributed by atoms with Gasteiger partial charge < -0.3 is 9.88 Å². The fourth-order valence-corrected chi connectivity index (χ4v) is 3.82. The van der Waals surface area contributed by atoms with Crippen molar-refractivity contribution < 1.29 is 4.79 Å². The molecule has 0 spiro atoms. The molecular formula is C22H27N5OS. The van der Waals surface area contributed by atoms with Crippen molar-refractivity contribution in [2.75, 3.05) is 11.1 Å². The van der Waals surface area contributed by atoms with Crippen LogP contribution in [0.2, 0.25) is 0 Å². The van der Waals surface area contributed by atoms with Crippen molar-refractivity contribution in [1.82, 2.24) is 19.7 Å². The van der Waals surface area contributed by atoms with E-state index in [0.29, 0.717) is 11.8 Å². The standard InChI is InChI=1S/C22H27N5OS/c1-15(2)13-27-21(17-9-11-23-12-10-17)25-26-22(27)29-14-20(28)24-19-8-6-5-7-18(19)16(3)4/h5-12,15-16H,13-14H2,1-4H3,(H,24,28). The normalized spacial score (nSPS) is 11.2. The molecule has 0 saturated heterocycles. The maximum atomic E-state index is 12.6. The SMILES string of the molecule is CC(C)Cn1c(SCC(=O)Nc2ccccc2C(C)C)nnc1-c1ccncc1. The zero-order valence-corrected chi connectivity index (χ0v) is 18.1. The summed E-state index contributed by atoms with van der Waals surface area (Å²) in [7, 11) is 0. The molecule has 0 bridgehead atoms. The Morgan fingerprint density at radius 1 is 1.07 bits per heavy atom. The molecule has 0 atom stereocenters. The number of aromatic nitrogens is 4. The Balaban J connectivity index is 1.74. The summed E-state index contributed by atoms with van der Waals surface area (Å²) < 4.78 is 2.08. The van der Waals surface area contributed by atoms with Crippen LogP contribution in [0, 0.1) is 5.92 Å². The summed E-state index contributed by atoms with van der Waals surface area (Å²) in [5, 5.41) is 12.5. The Hall–Kier alpha value is -2.67. The van der Waals surface area contributed by atoms with Gasteiger partial charge in [0.1, 0.15) is 0 Å². The number of pyridine rings is 1. The third-order valence-electron chi connectivity index (χ3n) is 4.39. The van der Waals surface area contributed by atoms with Crippen LogP contribution < -0.4 is 5.32 Å². The van der Waals surface area contributed by atoms with Gasteiger partial charge in [-0.25, -0.2) is 0 Å². The highest BCUT2D eigenvalue weighted by Crippen LogP contribution is 2.26. The van der Waals surface area contributed by atoms with Crippen LogP contribution >= 0.6 is 11.8 Å². The molecule has 3 rings (SSSR count). The largest absolute Gasteiger partial charge is 0.325 e. The second-order valence-electron chi connectivity index (χ2n) is 7.63. The van der Waals surface area contributed by atoms with Gasteiger partial charge in [0.25, 0.3) is 0 Å². The molecule has 2 heterocycles. The molecule has 1 aromatic carbocycles.